The van der Waals surface area contributed by atoms with E-state index in [1.807, 2.05) is 6.92 Å². The van der Waals surface area contributed by atoms with Gasteiger partial charge in [-0.2, -0.15) is 0 Å². The van der Waals surface area contributed by atoms with Crippen LogP contribution in [0.25, 0.3) is 0 Å². The smallest absolute Gasteiger partial charge is 0.207 e. The van der Waals surface area contributed by atoms with Crippen LogP contribution in [0.2, 0.25) is 0 Å². The van der Waals surface area contributed by atoms with Crippen molar-refractivity contribution in [2.75, 3.05) is 0 Å². The van der Waals surface area contributed by atoms with Gasteiger partial charge in [-0.3, -0.25) is 9.59 Å². The minimum Gasteiger partial charge on any atom is -0.349 e. The molecule has 1 amide bonds. The van der Waals surface area contributed by atoms with Gasteiger partial charge in [0.1, 0.15) is 5.78 Å². The average Bonchev–Trinajstić information content (AvgIpc) is 2.12. The van der Waals surface area contributed by atoms with Crippen LogP contribution in [-0.4, -0.2) is 24.0 Å². The molecule has 0 bridgehead atoms. The van der Waals surface area contributed by atoms with Crippen molar-refractivity contribution in [3.8, 4) is 0 Å². The SMILES string of the molecule is CCCC(=O)C(CCC(C)=O)NC=O. The molecule has 0 aromatic carbocycles. The predicted molar refractivity (Wildman–Crippen MR) is 52.8 cm³/mol. The van der Waals surface area contributed by atoms with E-state index in [-0.39, 0.29) is 11.6 Å². The van der Waals surface area contributed by atoms with Crippen LogP contribution in [0.4, 0.5) is 0 Å². The van der Waals surface area contributed by atoms with Gasteiger partial charge in [-0.25, -0.2) is 0 Å². The number of carbonyl (C=O) groups excluding carboxylic acids is 3. The van der Waals surface area contributed by atoms with Crippen LogP contribution in [0.15, 0.2) is 0 Å². The van der Waals surface area contributed by atoms with Crippen LogP contribution in [0, 0.1) is 0 Å². The molecule has 0 fully saturated rings. The Morgan fingerprint density at radius 2 is 2.00 bits per heavy atom. The van der Waals surface area contributed by atoms with Crippen LogP contribution in [0.5, 0.6) is 0 Å². The van der Waals surface area contributed by atoms with Gasteiger partial charge in [0.25, 0.3) is 0 Å². The quantitative estimate of drug-likeness (QED) is 0.589. The second-order valence-electron chi connectivity index (χ2n) is 3.29. The Morgan fingerprint density at radius 3 is 2.43 bits per heavy atom. The summed E-state index contributed by atoms with van der Waals surface area (Å²) in [6.45, 7) is 3.38. The van der Waals surface area contributed by atoms with Crippen molar-refractivity contribution < 1.29 is 14.4 Å². The molecule has 4 heteroatoms. The standard InChI is InChI=1S/C10H17NO3/c1-3-4-10(14)9(11-7-12)6-5-8(2)13/h7,9H,3-6H2,1-2H3,(H,11,12). The molecular formula is C10H17NO3. The molecule has 1 N–H and O–H groups in total. The number of hydrogen-bond donors (Lipinski definition) is 1. The highest BCUT2D eigenvalue weighted by atomic mass is 16.1. The Hall–Kier alpha value is -1.19. The lowest BCUT2D eigenvalue weighted by Crippen LogP contribution is -2.36. The predicted octanol–water partition coefficient (Wildman–Crippen LogP) is 0.839. The summed E-state index contributed by atoms with van der Waals surface area (Å²) in [4.78, 5) is 32.3. The van der Waals surface area contributed by atoms with E-state index in [9.17, 15) is 14.4 Å². The first-order valence-corrected chi connectivity index (χ1v) is 4.83. The van der Waals surface area contributed by atoms with Crippen molar-refractivity contribution in [1.29, 1.82) is 0 Å². The fraction of sp³-hybridized carbons (Fsp3) is 0.700. The zero-order valence-corrected chi connectivity index (χ0v) is 8.71. The molecule has 0 aromatic heterocycles. The third kappa shape index (κ3) is 5.45. The van der Waals surface area contributed by atoms with Gasteiger partial charge in [0.15, 0.2) is 5.78 Å². The molecule has 80 valence electrons. The fourth-order valence-electron chi connectivity index (χ4n) is 1.19. The minimum absolute atomic E-state index is 0.000787. The monoisotopic (exact) mass is 199 g/mol. The summed E-state index contributed by atoms with van der Waals surface area (Å²) >= 11 is 0. The molecule has 0 aliphatic heterocycles. The summed E-state index contributed by atoms with van der Waals surface area (Å²) in [7, 11) is 0. The molecule has 0 radical (unpaired) electrons. The number of Topliss-reactive ketones (excluding diaryl/α,β-unsaturated/α-hetero) is 2. The molecule has 0 saturated carbocycles. The maximum Gasteiger partial charge on any atom is 0.207 e. The Bertz CT molecular complexity index is 213. The Labute approximate surface area is 84.1 Å². The molecule has 1 atom stereocenters. The van der Waals surface area contributed by atoms with Gasteiger partial charge in [0, 0.05) is 12.8 Å². The number of carbonyl (C=O) groups is 3. The minimum atomic E-state index is -0.489. The van der Waals surface area contributed by atoms with Gasteiger partial charge in [-0.15, -0.1) is 0 Å². The summed E-state index contributed by atoms with van der Waals surface area (Å²) in [6.07, 6.45) is 2.46. The van der Waals surface area contributed by atoms with E-state index in [2.05, 4.69) is 5.32 Å². The molecule has 1 unspecified atom stereocenters. The first-order chi connectivity index (χ1) is 6.61. The molecular weight excluding hydrogens is 182 g/mol. The molecule has 0 spiro atoms. The first-order valence-electron chi connectivity index (χ1n) is 4.83. The number of amides is 1. The van der Waals surface area contributed by atoms with Crippen molar-refractivity contribution in [1.82, 2.24) is 5.32 Å². The third-order valence-corrected chi connectivity index (χ3v) is 1.94. The van der Waals surface area contributed by atoms with Gasteiger partial charge in [-0.1, -0.05) is 6.92 Å². The van der Waals surface area contributed by atoms with E-state index in [0.29, 0.717) is 25.7 Å². The van der Waals surface area contributed by atoms with Gasteiger partial charge in [-0.05, 0) is 19.8 Å². The van der Waals surface area contributed by atoms with E-state index >= 15 is 0 Å². The second-order valence-corrected chi connectivity index (χ2v) is 3.29. The van der Waals surface area contributed by atoms with Gasteiger partial charge in [0.2, 0.25) is 6.41 Å². The topological polar surface area (TPSA) is 63.2 Å². The third-order valence-electron chi connectivity index (χ3n) is 1.94. The number of hydrogen-bond acceptors (Lipinski definition) is 3. The summed E-state index contributed by atoms with van der Waals surface area (Å²) in [5.74, 6) is 0.0350. The Balaban J connectivity index is 4.05. The molecule has 0 aliphatic carbocycles. The largest absolute Gasteiger partial charge is 0.349 e. The van der Waals surface area contributed by atoms with Crippen LogP contribution in [-0.2, 0) is 14.4 Å². The first kappa shape index (κ1) is 12.8. The van der Waals surface area contributed by atoms with E-state index in [4.69, 9.17) is 0 Å². The maximum atomic E-state index is 11.4. The van der Waals surface area contributed by atoms with Crippen LogP contribution in [0.3, 0.4) is 0 Å². The zero-order valence-electron chi connectivity index (χ0n) is 8.71. The van der Waals surface area contributed by atoms with E-state index < -0.39 is 6.04 Å². The maximum absolute atomic E-state index is 11.4. The van der Waals surface area contributed by atoms with E-state index in [0.717, 1.165) is 6.42 Å². The highest BCUT2D eigenvalue weighted by molar-refractivity contribution is 5.86. The van der Waals surface area contributed by atoms with Crippen LogP contribution in [0.1, 0.15) is 39.5 Å². The van der Waals surface area contributed by atoms with Gasteiger partial charge >= 0.3 is 0 Å². The van der Waals surface area contributed by atoms with Crippen molar-refractivity contribution in [2.45, 2.75) is 45.6 Å². The summed E-state index contributed by atoms with van der Waals surface area (Å²) < 4.78 is 0. The van der Waals surface area contributed by atoms with E-state index in [1.165, 1.54) is 6.92 Å². The summed E-state index contributed by atoms with van der Waals surface area (Å²) in [6, 6.07) is -0.489. The molecule has 0 aromatic rings. The van der Waals surface area contributed by atoms with Crippen molar-refractivity contribution >= 4 is 18.0 Å². The van der Waals surface area contributed by atoms with Crippen molar-refractivity contribution in [3.05, 3.63) is 0 Å². The highest BCUT2D eigenvalue weighted by Gasteiger charge is 2.16. The molecule has 4 nitrogen and oxygen atoms in total. The lowest BCUT2D eigenvalue weighted by Gasteiger charge is -2.13. The molecule has 0 saturated heterocycles. The van der Waals surface area contributed by atoms with Crippen LogP contribution < -0.4 is 5.32 Å². The number of rotatable bonds is 8. The highest BCUT2D eigenvalue weighted by Crippen LogP contribution is 2.03. The van der Waals surface area contributed by atoms with Gasteiger partial charge < -0.3 is 10.1 Å². The van der Waals surface area contributed by atoms with Gasteiger partial charge in [0.05, 0.1) is 6.04 Å². The molecule has 14 heavy (non-hydrogen) atoms. The van der Waals surface area contributed by atoms with Crippen molar-refractivity contribution in [3.63, 3.8) is 0 Å². The molecule has 0 rings (SSSR count). The molecule has 0 heterocycles. The Kier molecular flexibility index (Phi) is 6.62. The van der Waals surface area contributed by atoms with Crippen LogP contribution >= 0.6 is 0 Å². The Morgan fingerprint density at radius 1 is 1.36 bits per heavy atom. The van der Waals surface area contributed by atoms with E-state index in [1.54, 1.807) is 0 Å². The number of nitrogens with one attached hydrogen (secondary N) is 1. The zero-order chi connectivity index (χ0) is 11.0. The lowest BCUT2D eigenvalue weighted by molar-refractivity contribution is -0.124. The lowest BCUT2D eigenvalue weighted by atomic mass is 10.0. The normalized spacial score (nSPS) is 11.9. The fourth-order valence-corrected chi connectivity index (χ4v) is 1.19. The average molecular weight is 199 g/mol. The van der Waals surface area contributed by atoms with Crippen molar-refractivity contribution in [2.24, 2.45) is 0 Å². The molecule has 0 aliphatic rings. The summed E-state index contributed by atoms with van der Waals surface area (Å²) in [5, 5.41) is 2.44. The summed E-state index contributed by atoms with van der Waals surface area (Å²) in [5.41, 5.74) is 0. The number of ketones is 2. The second kappa shape index (κ2) is 7.24.